The van der Waals surface area contributed by atoms with E-state index in [-0.39, 0.29) is 31.1 Å². The van der Waals surface area contributed by atoms with Crippen LogP contribution in [0.15, 0.2) is 36.5 Å². The van der Waals surface area contributed by atoms with Crippen LogP contribution in [0, 0.1) is 0 Å². The molecule has 0 aliphatic carbocycles. The number of allylic oxidation sites excluding steroid dienone is 6. The fraction of sp³-hybridized carbons (Fsp3) is 0.866. The second-order valence-electron chi connectivity index (χ2n) is 22.0. The molecule has 6 heteroatoms. The average Bonchev–Trinajstić information content (AvgIpc) is 3.39. The van der Waals surface area contributed by atoms with Crippen molar-refractivity contribution in [1.82, 2.24) is 0 Å². The maximum Gasteiger partial charge on any atom is 0.306 e. The molecule has 0 saturated heterocycles. The first-order valence-electron chi connectivity index (χ1n) is 32.5. The van der Waals surface area contributed by atoms with Crippen LogP contribution >= 0.6 is 0 Å². The van der Waals surface area contributed by atoms with Crippen molar-refractivity contribution in [2.24, 2.45) is 0 Å². The molecule has 1 unspecified atom stereocenters. The zero-order valence-corrected chi connectivity index (χ0v) is 49.2. The first kappa shape index (κ1) is 70.6. The number of hydrogen-bond donors (Lipinski definition) is 0. The molecule has 1 atom stereocenters. The molecule has 0 aromatic heterocycles. The highest BCUT2D eigenvalue weighted by molar-refractivity contribution is 5.71. The molecule has 0 rings (SSSR count). The van der Waals surface area contributed by atoms with Gasteiger partial charge in [0.2, 0.25) is 0 Å². The van der Waals surface area contributed by atoms with E-state index in [1.807, 2.05) is 0 Å². The van der Waals surface area contributed by atoms with Gasteiger partial charge in [-0.1, -0.05) is 276 Å². The number of hydrogen-bond acceptors (Lipinski definition) is 6. The summed E-state index contributed by atoms with van der Waals surface area (Å²) >= 11 is 0. The normalized spacial score (nSPS) is 12.2. The number of ether oxygens (including phenoxy) is 3. The van der Waals surface area contributed by atoms with Crippen LogP contribution < -0.4 is 0 Å². The largest absolute Gasteiger partial charge is 0.462 e. The van der Waals surface area contributed by atoms with Crippen LogP contribution in [0.25, 0.3) is 0 Å². The number of esters is 3. The fourth-order valence-corrected chi connectivity index (χ4v) is 9.67. The second kappa shape index (κ2) is 62.2. The van der Waals surface area contributed by atoms with Gasteiger partial charge in [-0.25, -0.2) is 0 Å². The van der Waals surface area contributed by atoms with Crippen LogP contribution in [0.5, 0.6) is 0 Å². The Labute approximate surface area is 455 Å². The smallest absolute Gasteiger partial charge is 0.306 e. The number of rotatable bonds is 60. The van der Waals surface area contributed by atoms with E-state index < -0.39 is 6.10 Å². The molecule has 0 amide bonds. The quantitative estimate of drug-likeness (QED) is 0.0261. The zero-order valence-electron chi connectivity index (χ0n) is 49.2. The lowest BCUT2D eigenvalue weighted by Crippen LogP contribution is -2.30. The van der Waals surface area contributed by atoms with Crippen LogP contribution in [0.4, 0.5) is 0 Å². The van der Waals surface area contributed by atoms with E-state index in [1.165, 1.54) is 244 Å². The van der Waals surface area contributed by atoms with Crippen LogP contribution in [0.1, 0.15) is 355 Å². The van der Waals surface area contributed by atoms with Crippen molar-refractivity contribution in [2.75, 3.05) is 13.2 Å². The summed E-state index contributed by atoms with van der Waals surface area (Å²) in [7, 11) is 0. The van der Waals surface area contributed by atoms with E-state index >= 15 is 0 Å². The third-order valence-electron chi connectivity index (χ3n) is 14.6. The van der Waals surface area contributed by atoms with Crippen LogP contribution in [-0.4, -0.2) is 37.2 Å². The summed E-state index contributed by atoms with van der Waals surface area (Å²) in [4.78, 5) is 38.2. The average molecular weight is 1030 g/mol. The zero-order chi connectivity index (χ0) is 52.9. The highest BCUT2D eigenvalue weighted by Crippen LogP contribution is 2.17. The van der Waals surface area contributed by atoms with E-state index in [4.69, 9.17) is 14.2 Å². The Balaban J connectivity index is 4.13. The van der Waals surface area contributed by atoms with Crippen molar-refractivity contribution in [3.8, 4) is 0 Å². The van der Waals surface area contributed by atoms with E-state index in [0.717, 1.165) is 70.6 Å². The maximum atomic E-state index is 12.8. The highest BCUT2D eigenvalue weighted by Gasteiger charge is 2.19. The topological polar surface area (TPSA) is 78.9 Å². The molecule has 0 aliphatic heterocycles. The fourth-order valence-electron chi connectivity index (χ4n) is 9.67. The Morgan fingerprint density at radius 1 is 0.260 bits per heavy atom. The third-order valence-corrected chi connectivity index (χ3v) is 14.6. The predicted octanol–water partition coefficient (Wildman–Crippen LogP) is 22.0. The highest BCUT2D eigenvalue weighted by atomic mass is 16.6. The molecule has 0 aromatic carbocycles. The number of unbranched alkanes of at least 4 members (excludes halogenated alkanes) is 43. The Morgan fingerprint density at radius 2 is 0.452 bits per heavy atom. The summed E-state index contributed by atoms with van der Waals surface area (Å²) in [5.41, 5.74) is 0. The minimum atomic E-state index is -0.777. The Morgan fingerprint density at radius 3 is 0.699 bits per heavy atom. The predicted molar refractivity (Wildman–Crippen MR) is 316 cm³/mol. The molecule has 0 aliphatic rings. The van der Waals surface area contributed by atoms with Crippen molar-refractivity contribution in [1.29, 1.82) is 0 Å². The van der Waals surface area contributed by atoms with Crippen molar-refractivity contribution in [3.63, 3.8) is 0 Å². The van der Waals surface area contributed by atoms with Gasteiger partial charge in [-0.05, 0) is 96.3 Å². The summed E-state index contributed by atoms with van der Waals surface area (Å²) < 4.78 is 16.9. The summed E-state index contributed by atoms with van der Waals surface area (Å²) in [6.07, 6.45) is 76.0. The van der Waals surface area contributed by atoms with Crippen molar-refractivity contribution in [3.05, 3.63) is 36.5 Å². The molecule has 428 valence electrons. The van der Waals surface area contributed by atoms with Crippen molar-refractivity contribution < 1.29 is 28.6 Å². The van der Waals surface area contributed by atoms with Gasteiger partial charge in [0, 0.05) is 19.3 Å². The van der Waals surface area contributed by atoms with Gasteiger partial charge in [0.05, 0.1) is 0 Å². The summed E-state index contributed by atoms with van der Waals surface area (Å²) in [5, 5.41) is 0. The molecule has 73 heavy (non-hydrogen) atoms. The van der Waals surface area contributed by atoms with Crippen molar-refractivity contribution in [2.45, 2.75) is 361 Å². The summed E-state index contributed by atoms with van der Waals surface area (Å²) in [6.45, 7) is 6.64. The lowest BCUT2D eigenvalue weighted by atomic mass is 10.0. The van der Waals surface area contributed by atoms with Crippen LogP contribution in [0.2, 0.25) is 0 Å². The molecule has 0 aromatic rings. The molecular formula is C67H124O6. The Kier molecular flexibility index (Phi) is 60.2. The minimum Gasteiger partial charge on any atom is -0.462 e. The molecule has 0 bridgehead atoms. The molecule has 0 radical (unpaired) electrons. The lowest BCUT2D eigenvalue weighted by Gasteiger charge is -2.18. The van der Waals surface area contributed by atoms with Crippen LogP contribution in [0.3, 0.4) is 0 Å². The first-order chi connectivity index (χ1) is 36.0. The van der Waals surface area contributed by atoms with E-state index in [0.29, 0.717) is 19.3 Å². The van der Waals surface area contributed by atoms with Crippen molar-refractivity contribution >= 4 is 17.9 Å². The number of carbonyl (C=O) groups is 3. The monoisotopic (exact) mass is 1020 g/mol. The standard InChI is InChI=1S/C67H124O6/c1-4-7-10-13-16-19-22-25-26-27-28-29-30-31-32-33-34-35-36-37-38-39-40-43-45-48-51-54-57-60-66(69)72-63-64(73-67(70)61-58-55-52-49-46-42-24-21-18-15-12-9-6-3)62-71-65(68)59-56-53-50-47-44-41-23-20-17-14-11-8-5-2/h20-21,23-24,27-28,64H,4-19,22,25-26,29-63H2,1-3H3/b23-20-,24-21-,28-27-. The Bertz CT molecular complexity index is 1220. The van der Waals surface area contributed by atoms with E-state index in [2.05, 4.69) is 57.2 Å². The maximum absolute atomic E-state index is 12.8. The second-order valence-corrected chi connectivity index (χ2v) is 22.0. The number of carbonyl (C=O) groups excluding carboxylic acids is 3. The lowest BCUT2D eigenvalue weighted by molar-refractivity contribution is -0.167. The Hall–Kier alpha value is -2.37. The van der Waals surface area contributed by atoms with E-state index in [9.17, 15) is 14.4 Å². The van der Waals surface area contributed by atoms with Gasteiger partial charge in [-0.15, -0.1) is 0 Å². The van der Waals surface area contributed by atoms with Gasteiger partial charge in [0.1, 0.15) is 13.2 Å². The van der Waals surface area contributed by atoms with Gasteiger partial charge in [-0.2, -0.15) is 0 Å². The summed E-state index contributed by atoms with van der Waals surface area (Å²) in [6, 6.07) is 0. The molecule has 0 saturated carbocycles. The molecule has 6 nitrogen and oxygen atoms in total. The van der Waals surface area contributed by atoms with Crippen LogP contribution in [-0.2, 0) is 28.6 Å². The molecule has 0 N–H and O–H groups in total. The van der Waals surface area contributed by atoms with Gasteiger partial charge in [0.25, 0.3) is 0 Å². The summed E-state index contributed by atoms with van der Waals surface area (Å²) in [5.74, 6) is -0.873. The third kappa shape index (κ3) is 60.4. The first-order valence-corrected chi connectivity index (χ1v) is 32.5. The molecule has 0 heterocycles. The van der Waals surface area contributed by atoms with Gasteiger partial charge < -0.3 is 14.2 Å². The van der Waals surface area contributed by atoms with Gasteiger partial charge in [0.15, 0.2) is 6.10 Å². The molecule has 0 fully saturated rings. The van der Waals surface area contributed by atoms with E-state index in [1.54, 1.807) is 0 Å². The van der Waals surface area contributed by atoms with Gasteiger partial charge >= 0.3 is 17.9 Å². The molecule has 0 spiro atoms. The SMILES string of the molecule is CCCCCC/C=C\CCCCCCCC(=O)OCC(COC(=O)CCCCCCCCCCCCCCCCCCC/C=C\CCCCCCCCCC)OC(=O)CCCCCCC/C=C\CCCCCC. The minimum absolute atomic E-state index is 0.0745. The van der Waals surface area contributed by atoms with Gasteiger partial charge in [-0.3, -0.25) is 14.4 Å². The molecular weight excluding hydrogens is 901 g/mol.